The van der Waals surface area contributed by atoms with E-state index in [0.717, 1.165) is 21.7 Å². The number of fused-ring (bicyclic) bond motifs is 1. The van der Waals surface area contributed by atoms with Crippen molar-refractivity contribution in [3.8, 4) is 5.75 Å². The molecular formula is C15H16N2O3S. The summed E-state index contributed by atoms with van der Waals surface area (Å²) in [6, 6.07) is 7.30. The molecule has 110 valence electrons. The van der Waals surface area contributed by atoms with Crippen molar-refractivity contribution in [2.75, 3.05) is 7.11 Å². The molecule has 0 aliphatic rings. The van der Waals surface area contributed by atoms with Gasteiger partial charge in [-0.25, -0.2) is 4.79 Å². The molecule has 3 aromatic rings. The maximum Gasteiger partial charge on any atom is 0.419 e. The summed E-state index contributed by atoms with van der Waals surface area (Å²) in [6.07, 6.45) is 0. The first-order valence-corrected chi connectivity index (χ1v) is 7.53. The zero-order chi connectivity index (χ0) is 15.0. The van der Waals surface area contributed by atoms with E-state index < -0.39 is 0 Å². The number of aromatic nitrogens is 1. The maximum absolute atomic E-state index is 11.7. The predicted octanol–water partition coefficient (Wildman–Crippen LogP) is 2.73. The average Bonchev–Trinajstić information content (AvgIpc) is 3.08. The Kier molecular flexibility index (Phi) is 3.57. The molecule has 2 heterocycles. The van der Waals surface area contributed by atoms with Crippen LogP contribution in [0.25, 0.3) is 11.1 Å². The van der Waals surface area contributed by atoms with Gasteiger partial charge in [0.15, 0.2) is 5.58 Å². The molecule has 0 amide bonds. The van der Waals surface area contributed by atoms with E-state index >= 15 is 0 Å². The Balaban J connectivity index is 2.02. The van der Waals surface area contributed by atoms with Crippen LogP contribution in [0.3, 0.4) is 0 Å². The van der Waals surface area contributed by atoms with Crippen LogP contribution in [-0.2, 0) is 6.54 Å². The second-order valence-electron chi connectivity index (χ2n) is 4.71. The first-order valence-electron chi connectivity index (χ1n) is 6.65. The normalized spacial score (nSPS) is 12.7. The first-order chi connectivity index (χ1) is 10.1. The molecule has 0 fully saturated rings. The van der Waals surface area contributed by atoms with Crippen LogP contribution < -0.4 is 16.2 Å². The van der Waals surface area contributed by atoms with E-state index in [1.165, 1.54) is 0 Å². The third-order valence-corrected chi connectivity index (χ3v) is 4.50. The van der Waals surface area contributed by atoms with Gasteiger partial charge in [-0.15, -0.1) is 11.3 Å². The van der Waals surface area contributed by atoms with Crippen molar-refractivity contribution < 1.29 is 9.15 Å². The number of ether oxygens (including phenoxy) is 1. The van der Waals surface area contributed by atoms with Crippen LogP contribution in [0, 0.1) is 0 Å². The Morgan fingerprint density at radius 2 is 2.24 bits per heavy atom. The number of hydrogen-bond acceptors (Lipinski definition) is 5. The predicted molar refractivity (Wildman–Crippen MR) is 83.0 cm³/mol. The van der Waals surface area contributed by atoms with Crippen molar-refractivity contribution >= 4 is 22.4 Å². The van der Waals surface area contributed by atoms with Gasteiger partial charge in [0.05, 0.1) is 18.7 Å². The van der Waals surface area contributed by atoms with Crippen LogP contribution in [0.15, 0.2) is 38.9 Å². The third-order valence-electron chi connectivity index (χ3n) is 3.51. The largest absolute Gasteiger partial charge is 0.496 e. The van der Waals surface area contributed by atoms with E-state index in [9.17, 15) is 4.79 Å². The van der Waals surface area contributed by atoms with E-state index in [4.69, 9.17) is 14.9 Å². The van der Waals surface area contributed by atoms with Crippen LogP contribution >= 0.6 is 11.3 Å². The fraction of sp³-hybridized carbons (Fsp3) is 0.267. The number of oxazole rings is 1. The third kappa shape index (κ3) is 2.36. The highest BCUT2D eigenvalue weighted by molar-refractivity contribution is 7.10. The molecule has 0 saturated heterocycles. The molecule has 6 heteroatoms. The van der Waals surface area contributed by atoms with Crippen LogP contribution in [0.2, 0.25) is 0 Å². The van der Waals surface area contributed by atoms with Gasteiger partial charge in [-0.1, -0.05) is 6.07 Å². The van der Waals surface area contributed by atoms with Gasteiger partial charge in [-0.2, -0.15) is 0 Å². The molecule has 0 radical (unpaired) electrons. The minimum Gasteiger partial charge on any atom is -0.496 e. The fourth-order valence-electron chi connectivity index (χ4n) is 2.34. The average molecular weight is 304 g/mol. The van der Waals surface area contributed by atoms with Gasteiger partial charge in [0.2, 0.25) is 0 Å². The van der Waals surface area contributed by atoms with Gasteiger partial charge in [-0.05, 0) is 30.7 Å². The number of rotatable bonds is 4. The summed E-state index contributed by atoms with van der Waals surface area (Å²) in [4.78, 5) is 12.7. The van der Waals surface area contributed by atoms with Gasteiger partial charge in [0.1, 0.15) is 5.75 Å². The van der Waals surface area contributed by atoms with Crippen molar-refractivity contribution in [2.24, 2.45) is 5.73 Å². The van der Waals surface area contributed by atoms with Gasteiger partial charge in [0, 0.05) is 16.8 Å². The second kappa shape index (κ2) is 5.38. The van der Waals surface area contributed by atoms with Crippen LogP contribution in [0.1, 0.15) is 23.4 Å². The van der Waals surface area contributed by atoms with E-state index in [1.54, 1.807) is 23.0 Å². The van der Waals surface area contributed by atoms with E-state index in [0.29, 0.717) is 12.1 Å². The SMILES string of the molecule is CCn1c(=O)oc2cc(C(N)c3cc(OC)cs3)ccc21. The molecule has 0 aliphatic carbocycles. The summed E-state index contributed by atoms with van der Waals surface area (Å²) >= 11 is 1.55. The zero-order valence-corrected chi connectivity index (χ0v) is 12.6. The molecule has 5 nitrogen and oxygen atoms in total. The molecule has 1 atom stereocenters. The molecule has 2 aromatic heterocycles. The summed E-state index contributed by atoms with van der Waals surface area (Å²) in [5, 5.41) is 1.92. The zero-order valence-electron chi connectivity index (χ0n) is 11.8. The Labute approximate surface area is 125 Å². The standard InChI is InChI=1S/C15H16N2O3S/c1-3-17-11-5-4-9(6-12(11)20-15(17)18)14(16)13-7-10(19-2)8-21-13/h4-8,14H,3,16H2,1-2H3. The molecule has 0 bridgehead atoms. The van der Waals surface area contributed by atoms with Crippen LogP contribution in [0.5, 0.6) is 5.75 Å². The molecule has 0 aliphatic heterocycles. The van der Waals surface area contributed by atoms with Crippen molar-refractivity contribution in [3.05, 3.63) is 50.6 Å². The minimum absolute atomic E-state index is 0.265. The minimum atomic E-state index is -0.337. The Morgan fingerprint density at radius 1 is 1.43 bits per heavy atom. The highest BCUT2D eigenvalue weighted by Crippen LogP contribution is 2.30. The highest BCUT2D eigenvalue weighted by atomic mass is 32.1. The Bertz CT molecular complexity index is 831. The molecule has 2 N–H and O–H groups in total. The van der Waals surface area contributed by atoms with Crippen molar-refractivity contribution in [1.29, 1.82) is 0 Å². The lowest BCUT2D eigenvalue weighted by molar-refractivity contribution is 0.416. The van der Waals surface area contributed by atoms with E-state index in [-0.39, 0.29) is 11.8 Å². The van der Waals surface area contributed by atoms with Crippen LogP contribution in [0.4, 0.5) is 0 Å². The monoisotopic (exact) mass is 304 g/mol. The maximum atomic E-state index is 11.7. The topological polar surface area (TPSA) is 70.4 Å². The molecule has 0 saturated carbocycles. The van der Waals surface area contributed by atoms with Crippen molar-refractivity contribution in [3.63, 3.8) is 0 Å². The summed E-state index contributed by atoms with van der Waals surface area (Å²) in [5.74, 6) is 0.464. The summed E-state index contributed by atoms with van der Waals surface area (Å²) in [5.41, 5.74) is 8.55. The summed E-state index contributed by atoms with van der Waals surface area (Å²) in [7, 11) is 1.63. The van der Waals surface area contributed by atoms with Gasteiger partial charge >= 0.3 is 5.76 Å². The number of nitrogens with zero attached hydrogens (tertiary/aromatic N) is 1. The smallest absolute Gasteiger partial charge is 0.419 e. The quantitative estimate of drug-likeness (QED) is 0.804. The second-order valence-corrected chi connectivity index (χ2v) is 5.65. The molecular weight excluding hydrogens is 288 g/mol. The Morgan fingerprint density at radius 3 is 2.90 bits per heavy atom. The molecule has 1 aromatic carbocycles. The molecule has 21 heavy (non-hydrogen) atoms. The van der Waals surface area contributed by atoms with Gasteiger partial charge < -0.3 is 14.9 Å². The lowest BCUT2D eigenvalue weighted by Crippen LogP contribution is -2.12. The van der Waals surface area contributed by atoms with Crippen molar-refractivity contribution in [2.45, 2.75) is 19.5 Å². The van der Waals surface area contributed by atoms with E-state index in [2.05, 4.69) is 0 Å². The number of thiophene rings is 1. The van der Waals surface area contributed by atoms with Crippen molar-refractivity contribution in [1.82, 2.24) is 4.57 Å². The fourth-order valence-corrected chi connectivity index (χ4v) is 3.23. The molecule has 0 spiro atoms. The number of aryl methyl sites for hydroxylation is 1. The lowest BCUT2D eigenvalue weighted by atomic mass is 10.1. The summed E-state index contributed by atoms with van der Waals surface area (Å²) in [6.45, 7) is 2.49. The lowest BCUT2D eigenvalue weighted by Gasteiger charge is -2.09. The van der Waals surface area contributed by atoms with Crippen LogP contribution in [-0.4, -0.2) is 11.7 Å². The number of nitrogens with two attached hydrogens (primary N) is 1. The summed E-state index contributed by atoms with van der Waals surface area (Å²) < 4.78 is 12.0. The Hall–Kier alpha value is -2.05. The number of methoxy groups -OCH3 is 1. The number of benzene rings is 1. The highest BCUT2D eigenvalue weighted by Gasteiger charge is 2.15. The first kappa shape index (κ1) is 13.9. The molecule has 1 unspecified atom stereocenters. The van der Waals surface area contributed by atoms with E-state index in [1.807, 2.05) is 36.6 Å². The van der Waals surface area contributed by atoms with Gasteiger partial charge in [0.25, 0.3) is 0 Å². The molecule has 3 rings (SSSR count). The number of hydrogen-bond donors (Lipinski definition) is 1. The van der Waals surface area contributed by atoms with Gasteiger partial charge in [-0.3, -0.25) is 4.57 Å².